The number of amides is 2. The second-order valence-corrected chi connectivity index (χ2v) is 7.38. The van der Waals surface area contributed by atoms with Crippen LogP contribution in [0.25, 0.3) is 0 Å². The molecule has 2 heterocycles. The number of ether oxygens (including phenoxy) is 2. The van der Waals surface area contributed by atoms with Crippen molar-refractivity contribution in [1.29, 1.82) is 0 Å². The Bertz CT molecular complexity index is 1060. The highest BCUT2D eigenvalue weighted by Crippen LogP contribution is 2.44. The minimum Gasteiger partial charge on any atom is -0.494 e. The monoisotopic (exact) mass is 422 g/mol. The third-order valence-electron chi connectivity index (χ3n) is 5.69. The number of Topliss-reactive ketones (excluding diaryl/α,β-unsaturated/α-hetero) is 1. The molecule has 0 radical (unpaired) electrons. The highest BCUT2D eigenvalue weighted by atomic mass is 16.5. The van der Waals surface area contributed by atoms with Crippen LogP contribution in [0.15, 0.2) is 48.5 Å². The van der Waals surface area contributed by atoms with Crippen LogP contribution >= 0.6 is 0 Å². The second-order valence-electron chi connectivity index (χ2n) is 7.38. The summed E-state index contributed by atoms with van der Waals surface area (Å²) in [6.07, 6.45) is 0.187. The van der Waals surface area contributed by atoms with E-state index in [1.54, 1.807) is 48.5 Å². The van der Waals surface area contributed by atoms with Gasteiger partial charge in [0, 0.05) is 25.5 Å². The third kappa shape index (κ3) is 3.24. The third-order valence-corrected chi connectivity index (χ3v) is 5.69. The second kappa shape index (κ2) is 7.86. The molecule has 160 valence electrons. The summed E-state index contributed by atoms with van der Waals surface area (Å²) in [5.41, 5.74) is -0.509. The van der Waals surface area contributed by atoms with E-state index in [-0.39, 0.29) is 24.7 Å². The summed E-state index contributed by atoms with van der Waals surface area (Å²) in [7, 11) is 1.47. The van der Waals surface area contributed by atoms with Crippen molar-refractivity contribution in [2.75, 3.05) is 25.2 Å². The van der Waals surface area contributed by atoms with Gasteiger partial charge in [-0.25, -0.2) is 4.79 Å². The number of benzene rings is 2. The fraction of sp³-hybridized carbons (Fsp3) is 0.304. The topological polar surface area (TPSA) is 93.2 Å². The number of carbonyl (C=O) groups excluding carboxylic acids is 4. The molecule has 2 amide bonds. The van der Waals surface area contributed by atoms with Gasteiger partial charge in [0.15, 0.2) is 12.4 Å². The molecule has 1 unspecified atom stereocenters. The number of carbonyl (C=O) groups is 4. The number of nitrogens with zero attached hydrogens (tertiary/aromatic N) is 2. The summed E-state index contributed by atoms with van der Waals surface area (Å²) in [6.45, 7) is 1.87. The summed E-state index contributed by atoms with van der Waals surface area (Å²) in [6, 6.07) is 13.2. The molecule has 8 heteroatoms. The number of fused-ring (bicyclic) bond motifs is 3. The number of ketones is 1. The van der Waals surface area contributed by atoms with Gasteiger partial charge >= 0.3 is 5.97 Å². The largest absolute Gasteiger partial charge is 0.494 e. The van der Waals surface area contributed by atoms with Crippen LogP contribution in [-0.2, 0) is 14.3 Å². The van der Waals surface area contributed by atoms with Crippen molar-refractivity contribution in [2.45, 2.75) is 25.4 Å². The van der Waals surface area contributed by atoms with E-state index in [1.807, 2.05) is 6.92 Å². The van der Waals surface area contributed by atoms with Crippen molar-refractivity contribution < 1.29 is 28.7 Å². The highest BCUT2D eigenvalue weighted by molar-refractivity contribution is 6.15. The van der Waals surface area contributed by atoms with Gasteiger partial charge in [0.2, 0.25) is 11.6 Å². The van der Waals surface area contributed by atoms with E-state index in [9.17, 15) is 19.2 Å². The molecule has 2 aromatic rings. The summed E-state index contributed by atoms with van der Waals surface area (Å²) < 4.78 is 10.7. The lowest BCUT2D eigenvalue weighted by Gasteiger charge is -2.46. The first kappa shape index (κ1) is 20.6. The lowest BCUT2D eigenvalue weighted by Crippen LogP contribution is -2.67. The molecular formula is C23H22N2O6. The van der Waals surface area contributed by atoms with Crippen LogP contribution in [0.2, 0.25) is 0 Å². The van der Waals surface area contributed by atoms with Gasteiger partial charge in [-0.1, -0.05) is 12.1 Å². The molecule has 0 aromatic heterocycles. The van der Waals surface area contributed by atoms with E-state index in [2.05, 4.69) is 0 Å². The number of hydrogen-bond acceptors (Lipinski definition) is 6. The molecule has 0 N–H and O–H groups in total. The van der Waals surface area contributed by atoms with Gasteiger partial charge in [-0.05, 0) is 43.3 Å². The number of likely N-dealkylation sites (N-methyl/N-ethyl adjacent to an activating group) is 1. The Balaban J connectivity index is 1.56. The van der Waals surface area contributed by atoms with Gasteiger partial charge in [-0.15, -0.1) is 0 Å². The zero-order valence-electron chi connectivity index (χ0n) is 17.3. The van der Waals surface area contributed by atoms with E-state index < -0.39 is 24.0 Å². The molecule has 2 aliphatic heterocycles. The molecule has 31 heavy (non-hydrogen) atoms. The predicted octanol–water partition coefficient (Wildman–Crippen LogP) is 2.42. The minimum atomic E-state index is -1.60. The number of esters is 1. The Kier molecular flexibility index (Phi) is 5.22. The van der Waals surface area contributed by atoms with Gasteiger partial charge in [-0.3, -0.25) is 19.3 Å². The van der Waals surface area contributed by atoms with Crippen molar-refractivity contribution in [3.63, 3.8) is 0 Å². The fourth-order valence-electron chi connectivity index (χ4n) is 4.12. The van der Waals surface area contributed by atoms with Crippen molar-refractivity contribution in [2.24, 2.45) is 0 Å². The van der Waals surface area contributed by atoms with E-state index in [4.69, 9.17) is 9.47 Å². The van der Waals surface area contributed by atoms with E-state index in [1.165, 1.54) is 16.8 Å². The Morgan fingerprint density at radius 1 is 1.06 bits per heavy atom. The molecule has 2 aromatic carbocycles. The van der Waals surface area contributed by atoms with Gasteiger partial charge < -0.3 is 14.4 Å². The van der Waals surface area contributed by atoms with Gasteiger partial charge in [0.25, 0.3) is 5.91 Å². The van der Waals surface area contributed by atoms with E-state index in [0.717, 1.165) is 0 Å². The molecule has 1 saturated heterocycles. The number of hydrogen-bond donors (Lipinski definition) is 0. The van der Waals surface area contributed by atoms with Crippen molar-refractivity contribution in [3.8, 4) is 5.75 Å². The van der Waals surface area contributed by atoms with Crippen LogP contribution < -0.4 is 9.64 Å². The molecule has 2 aliphatic rings. The molecule has 0 aliphatic carbocycles. The zero-order valence-corrected chi connectivity index (χ0v) is 17.3. The number of rotatable bonds is 6. The molecule has 4 rings (SSSR count). The van der Waals surface area contributed by atoms with Crippen LogP contribution in [0.5, 0.6) is 5.75 Å². The summed E-state index contributed by atoms with van der Waals surface area (Å²) in [5.74, 6) is -1.22. The average Bonchev–Trinajstić information content (AvgIpc) is 3.15. The van der Waals surface area contributed by atoms with Crippen molar-refractivity contribution in [1.82, 2.24) is 4.90 Å². The van der Waals surface area contributed by atoms with Crippen molar-refractivity contribution in [3.05, 3.63) is 59.7 Å². The lowest BCUT2D eigenvalue weighted by atomic mass is 9.97. The number of para-hydroxylation sites is 1. The molecule has 1 atom stereocenters. The molecule has 0 saturated carbocycles. The standard InChI is InChI=1S/C23H22N2O6/c1-3-30-16-10-8-15(9-11-16)19(26)14-31-22(29)23-13-12-20(27)25(23)18-7-5-4-6-17(18)21(28)24(23)2/h4-11H,3,12-14H2,1-2H3. The van der Waals surface area contributed by atoms with Gasteiger partial charge in [0.05, 0.1) is 17.9 Å². The van der Waals surface area contributed by atoms with Gasteiger partial charge in [0.1, 0.15) is 5.75 Å². The summed E-state index contributed by atoms with van der Waals surface area (Å²) in [4.78, 5) is 53.9. The quantitative estimate of drug-likeness (QED) is 0.524. The van der Waals surface area contributed by atoms with E-state index >= 15 is 0 Å². The Morgan fingerprint density at radius 2 is 1.77 bits per heavy atom. The van der Waals surface area contributed by atoms with Crippen LogP contribution in [0.3, 0.4) is 0 Å². The SMILES string of the molecule is CCOc1ccc(C(=O)COC(=O)C23CCC(=O)N2c2ccccc2C(=O)N3C)cc1. The summed E-state index contributed by atoms with van der Waals surface area (Å²) >= 11 is 0. The maximum absolute atomic E-state index is 13.2. The predicted molar refractivity (Wildman–Crippen MR) is 111 cm³/mol. The number of anilines is 1. The first-order valence-electron chi connectivity index (χ1n) is 10.0. The molecule has 0 bridgehead atoms. The normalized spacial score (nSPS) is 19.7. The molecular weight excluding hydrogens is 400 g/mol. The Morgan fingerprint density at radius 3 is 2.48 bits per heavy atom. The fourth-order valence-corrected chi connectivity index (χ4v) is 4.12. The first-order valence-corrected chi connectivity index (χ1v) is 10.0. The summed E-state index contributed by atoms with van der Waals surface area (Å²) in [5, 5.41) is 0. The lowest BCUT2D eigenvalue weighted by molar-refractivity contribution is -0.155. The average molecular weight is 422 g/mol. The van der Waals surface area contributed by atoms with Crippen LogP contribution in [0, 0.1) is 0 Å². The first-order chi connectivity index (χ1) is 14.9. The van der Waals surface area contributed by atoms with Crippen molar-refractivity contribution >= 4 is 29.3 Å². The van der Waals surface area contributed by atoms with Gasteiger partial charge in [-0.2, -0.15) is 0 Å². The smallest absolute Gasteiger partial charge is 0.354 e. The minimum absolute atomic E-state index is 0.0912. The molecule has 8 nitrogen and oxygen atoms in total. The molecule has 1 fully saturated rings. The van der Waals surface area contributed by atoms with E-state index in [0.29, 0.717) is 29.2 Å². The Labute approximate surface area is 179 Å². The maximum Gasteiger partial charge on any atom is 0.354 e. The van der Waals surface area contributed by atoms with Crippen LogP contribution in [0.1, 0.15) is 40.5 Å². The van der Waals surface area contributed by atoms with Crippen LogP contribution in [-0.4, -0.2) is 54.4 Å². The highest BCUT2D eigenvalue weighted by Gasteiger charge is 2.60. The van der Waals surface area contributed by atoms with Crippen LogP contribution in [0.4, 0.5) is 5.69 Å². The maximum atomic E-state index is 13.2. The zero-order chi connectivity index (χ0) is 22.2. The molecule has 0 spiro atoms. The Hall–Kier alpha value is -3.68.